The Kier molecular flexibility index (Phi) is 3.76. The largest absolute Gasteiger partial charge is 0.381 e. The molecule has 3 rings (SSSR count). The van der Waals surface area contributed by atoms with Gasteiger partial charge in [-0.05, 0) is 19.3 Å². The van der Waals surface area contributed by atoms with Crippen molar-refractivity contribution in [2.75, 3.05) is 19.8 Å². The molecule has 2 atom stereocenters. The number of nitrogens with two attached hydrogens (primary N) is 1. The molecule has 1 saturated heterocycles. The highest BCUT2D eigenvalue weighted by molar-refractivity contribution is 5.83. The van der Waals surface area contributed by atoms with Gasteiger partial charge in [-0.25, -0.2) is 0 Å². The van der Waals surface area contributed by atoms with Crippen LogP contribution in [0.5, 0.6) is 0 Å². The summed E-state index contributed by atoms with van der Waals surface area (Å²) in [6.07, 6.45) is 6.72. The number of aryl methyl sites for hydroxylation is 1. The van der Waals surface area contributed by atoms with Crippen molar-refractivity contribution in [2.24, 2.45) is 18.7 Å². The summed E-state index contributed by atoms with van der Waals surface area (Å²) in [6.45, 7) is 2.35. The van der Waals surface area contributed by atoms with Crippen molar-refractivity contribution in [1.29, 1.82) is 0 Å². The van der Waals surface area contributed by atoms with Gasteiger partial charge in [0.15, 0.2) is 0 Å². The molecule has 2 N–H and O–H groups in total. The van der Waals surface area contributed by atoms with Crippen LogP contribution in [-0.4, -0.2) is 46.4 Å². The molecule has 110 valence electrons. The first-order valence-corrected chi connectivity index (χ1v) is 7.27. The molecule has 6 heteroatoms. The number of rotatable bonds is 5. The van der Waals surface area contributed by atoms with E-state index >= 15 is 0 Å². The van der Waals surface area contributed by atoms with Gasteiger partial charge in [0.25, 0.3) is 0 Å². The SMILES string of the molecule is Cn1cc(C(N)C(=O)N(CC2CCOC2)C2CC2)cn1. The lowest BCUT2D eigenvalue weighted by Gasteiger charge is -2.27. The van der Waals surface area contributed by atoms with E-state index in [1.807, 2.05) is 18.1 Å². The molecule has 6 nitrogen and oxygen atoms in total. The van der Waals surface area contributed by atoms with Crippen LogP contribution in [0.4, 0.5) is 0 Å². The minimum Gasteiger partial charge on any atom is -0.381 e. The van der Waals surface area contributed by atoms with Gasteiger partial charge in [0.2, 0.25) is 5.91 Å². The molecule has 20 heavy (non-hydrogen) atoms. The van der Waals surface area contributed by atoms with Crippen LogP contribution in [0, 0.1) is 5.92 Å². The lowest BCUT2D eigenvalue weighted by Crippen LogP contribution is -2.42. The molecular weight excluding hydrogens is 256 g/mol. The summed E-state index contributed by atoms with van der Waals surface area (Å²) in [5.41, 5.74) is 6.90. The van der Waals surface area contributed by atoms with Crippen LogP contribution in [0.25, 0.3) is 0 Å². The maximum Gasteiger partial charge on any atom is 0.244 e. The normalized spacial score (nSPS) is 23.8. The number of nitrogens with zero attached hydrogens (tertiary/aromatic N) is 3. The van der Waals surface area contributed by atoms with E-state index in [0.717, 1.165) is 44.6 Å². The summed E-state index contributed by atoms with van der Waals surface area (Å²) in [6, 6.07) is -0.225. The molecule has 2 heterocycles. The molecular formula is C14H22N4O2. The van der Waals surface area contributed by atoms with Crippen molar-refractivity contribution < 1.29 is 9.53 Å². The lowest BCUT2D eigenvalue weighted by molar-refractivity contribution is -0.134. The molecule has 1 aliphatic carbocycles. The van der Waals surface area contributed by atoms with E-state index in [9.17, 15) is 4.79 Å². The number of carbonyl (C=O) groups excluding carboxylic acids is 1. The molecule has 0 spiro atoms. The van der Waals surface area contributed by atoms with Gasteiger partial charge in [-0.2, -0.15) is 5.10 Å². The maximum absolute atomic E-state index is 12.6. The summed E-state index contributed by atoms with van der Waals surface area (Å²) >= 11 is 0. The van der Waals surface area contributed by atoms with Gasteiger partial charge in [-0.3, -0.25) is 9.48 Å². The molecule has 2 unspecified atom stereocenters. The fourth-order valence-corrected chi connectivity index (χ4v) is 2.73. The van der Waals surface area contributed by atoms with Gasteiger partial charge in [0.1, 0.15) is 6.04 Å². The second-order valence-electron chi connectivity index (χ2n) is 5.88. The van der Waals surface area contributed by atoms with Gasteiger partial charge in [0, 0.05) is 43.9 Å². The molecule has 1 amide bonds. The smallest absolute Gasteiger partial charge is 0.244 e. The van der Waals surface area contributed by atoms with Crippen molar-refractivity contribution in [2.45, 2.75) is 31.3 Å². The van der Waals surface area contributed by atoms with Crippen LogP contribution in [0.2, 0.25) is 0 Å². The van der Waals surface area contributed by atoms with E-state index in [1.165, 1.54) is 0 Å². The van der Waals surface area contributed by atoms with Crippen molar-refractivity contribution >= 4 is 5.91 Å². The fraction of sp³-hybridized carbons (Fsp3) is 0.714. The Morgan fingerprint density at radius 2 is 2.40 bits per heavy atom. The number of ether oxygens (including phenoxy) is 1. The highest BCUT2D eigenvalue weighted by atomic mass is 16.5. The highest BCUT2D eigenvalue weighted by Gasteiger charge is 2.37. The zero-order chi connectivity index (χ0) is 14.1. The number of hydrogen-bond acceptors (Lipinski definition) is 4. The van der Waals surface area contributed by atoms with E-state index in [4.69, 9.17) is 10.5 Å². The maximum atomic E-state index is 12.6. The first-order valence-electron chi connectivity index (χ1n) is 7.27. The molecule has 1 aliphatic heterocycles. The van der Waals surface area contributed by atoms with Crippen LogP contribution in [-0.2, 0) is 16.6 Å². The van der Waals surface area contributed by atoms with Gasteiger partial charge < -0.3 is 15.4 Å². The predicted molar refractivity (Wildman–Crippen MR) is 73.8 cm³/mol. The van der Waals surface area contributed by atoms with E-state index in [0.29, 0.717) is 12.0 Å². The molecule has 1 saturated carbocycles. The minimum atomic E-state index is -0.605. The van der Waals surface area contributed by atoms with Crippen molar-refractivity contribution in [3.63, 3.8) is 0 Å². The second kappa shape index (κ2) is 5.54. The van der Waals surface area contributed by atoms with Gasteiger partial charge >= 0.3 is 0 Å². The first-order chi connectivity index (χ1) is 9.65. The van der Waals surface area contributed by atoms with E-state index in [2.05, 4.69) is 5.10 Å². The van der Waals surface area contributed by atoms with Gasteiger partial charge in [0.05, 0.1) is 12.8 Å². The molecule has 1 aromatic heterocycles. The van der Waals surface area contributed by atoms with Crippen LogP contribution in [0.1, 0.15) is 30.9 Å². The summed E-state index contributed by atoms with van der Waals surface area (Å²) in [4.78, 5) is 14.6. The number of amides is 1. The zero-order valence-corrected chi connectivity index (χ0v) is 11.9. The average molecular weight is 278 g/mol. The minimum absolute atomic E-state index is 0.0207. The monoisotopic (exact) mass is 278 g/mol. The summed E-state index contributed by atoms with van der Waals surface area (Å²) in [5, 5.41) is 4.09. The molecule has 0 radical (unpaired) electrons. The number of aromatic nitrogens is 2. The number of carbonyl (C=O) groups is 1. The Hall–Kier alpha value is -1.40. The standard InChI is InChI=1S/C14H22N4O2/c1-17-8-11(6-16-17)13(15)14(19)18(12-2-3-12)7-10-4-5-20-9-10/h6,8,10,12-13H,2-5,7,9,15H2,1H3. The molecule has 0 aromatic carbocycles. The van der Waals surface area contributed by atoms with Crippen LogP contribution < -0.4 is 5.73 Å². The van der Waals surface area contributed by atoms with Crippen molar-refractivity contribution in [1.82, 2.24) is 14.7 Å². The van der Waals surface area contributed by atoms with E-state index in [1.54, 1.807) is 10.9 Å². The van der Waals surface area contributed by atoms with Gasteiger partial charge in [-0.1, -0.05) is 0 Å². The van der Waals surface area contributed by atoms with Crippen LogP contribution >= 0.6 is 0 Å². The van der Waals surface area contributed by atoms with Crippen LogP contribution in [0.15, 0.2) is 12.4 Å². The van der Waals surface area contributed by atoms with Crippen LogP contribution in [0.3, 0.4) is 0 Å². The lowest BCUT2D eigenvalue weighted by atomic mass is 10.1. The third-order valence-electron chi connectivity index (χ3n) is 4.10. The first kappa shape index (κ1) is 13.6. The third kappa shape index (κ3) is 2.86. The topological polar surface area (TPSA) is 73.4 Å². The Bertz CT molecular complexity index is 477. The Balaban J connectivity index is 1.68. The third-order valence-corrected chi connectivity index (χ3v) is 4.10. The second-order valence-corrected chi connectivity index (χ2v) is 5.88. The molecule has 1 aromatic rings. The van der Waals surface area contributed by atoms with E-state index in [-0.39, 0.29) is 5.91 Å². The van der Waals surface area contributed by atoms with Crippen molar-refractivity contribution in [3.05, 3.63) is 18.0 Å². The summed E-state index contributed by atoms with van der Waals surface area (Å²) in [7, 11) is 1.83. The fourth-order valence-electron chi connectivity index (χ4n) is 2.73. The van der Waals surface area contributed by atoms with Crippen molar-refractivity contribution in [3.8, 4) is 0 Å². The Morgan fingerprint density at radius 3 is 2.95 bits per heavy atom. The van der Waals surface area contributed by atoms with Gasteiger partial charge in [-0.15, -0.1) is 0 Å². The molecule has 2 aliphatic rings. The molecule has 2 fully saturated rings. The number of hydrogen-bond donors (Lipinski definition) is 1. The summed E-state index contributed by atoms with van der Waals surface area (Å²) in [5.74, 6) is 0.480. The average Bonchev–Trinajstić information content (AvgIpc) is 2.97. The van der Waals surface area contributed by atoms with E-state index < -0.39 is 6.04 Å². The summed E-state index contributed by atoms with van der Waals surface area (Å²) < 4.78 is 7.08. The predicted octanol–water partition coefficient (Wildman–Crippen LogP) is 0.447. The Labute approximate surface area is 118 Å². The quantitative estimate of drug-likeness (QED) is 0.848. The highest BCUT2D eigenvalue weighted by Crippen LogP contribution is 2.31. The Morgan fingerprint density at radius 1 is 1.60 bits per heavy atom. The zero-order valence-electron chi connectivity index (χ0n) is 11.9. The molecule has 0 bridgehead atoms.